The molecule has 1 aliphatic rings. The summed E-state index contributed by atoms with van der Waals surface area (Å²) >= 11 is 0. The molecule has 5 heteroatoms. The van der Waals surface area contributed by atoms with Crippen LogP contribution in [0, 0.1) is 17.7 Å². The first-order chi connectivity index (χ1) is 11.4. The standard InChI is InChI=1S/C19H29FN2O2/c1-4-14(2)11-21(3)18-8-7-17(20)10-16(18)13-22-9-5-6-15(12-22)19(23)24/h7-8,10,14-15H,4-6,9,11-13H2,1-3H3,(H,23,24). The summed E-state index contributed by atoms with van der Waals surface area (Å²) in [4.78, 5) is 15.6. The molecule has 1 heterocycles. The minimum atomic E-state index is -0.729. The molecular formula is C19H29FN2O2. The fraction of sp³-hybridized carbons (Fsp3) is 0.632. The van der Waals surface area contributed by atoms with Crippen LogP contribution >= 0.6 is 0 Å². The largest absolute Gasteiger partial charge is 0.481 e. The normalized spacial score (nSPS) is 19.9. The Hall–Kier alpha value is -1.62. The Morgan fingerprint density at radius 1 is 1.50 bits per heavy atom. The van der Waals surface area contributed by atoms with Crippen LogP contribution in [0.2, 0.25) is 0 Å². The molecule has 1 aliphatic heterocycles. The molecule has 4 nitrogen and oxygen atoms in total. The van der Waals surface area contributed by atoms with Gasteiger partial charge in [0.05, 0.1) is 5.92 Å². The second-order valence-electron chi connectivity index (χ2n) is 7.08. The summed E-state index contributed by atoms with van der Waals surface area (Å²) in [6, 6.07) is 4.93. The first kappa shape index (κ1) is 18.7. The Kier molecular flexibility index (Phi) is 6.60. The van der Waals surface area contributed by atoms with Crippen molar-refractivity contribution in [2.75, 3.05) is 31.6 Å². The molecule has 0 bridgehead atoms. The number of anilines is 1. The molecule has 1 aromatic carbocycles. The van der Waals surface area contributed by atoms with Crippen LogP contribution in [0.4, 0.5) is 10.1 Å². The van der Waals surface area contributed by atoms with E-state index in [0.717, 1.165) is 43.6 Å². The van der Waals surface area contributed by atoms with Crippen molar-refractivity contribution in [1.29, 1.82) is 0 Å². The number of rotatable bonds is 7. The molecule has 0 aromatic heterocycles. The van der Waals surface area contributed by atoms with E-state index in [0.29, 0.717) is 19.0 Å². The zero-order valence-electron chi connectivity index (χ0n) is 15.0. The number of carbonyl (C=O) groups is 1. The number of nitrogens with zero attached hydrogens (tertiary/aromatic N) is 2. The van der Waals surface area contributed by atoms with Crippen molar-refractivity contribution in [1.82, 2.24) is 4.90 Å². The topological polar surface area (TPSA) is 43.8 Å². The lowest BCUT2D eigenvalue weighted by molar-refractivity contribution is -0.143. The molecule has 2 atom stereocenters. The van der Waals surface area contributed by atoms with Gasteiger partial charge in [-0.1, -0.05) is 20.3 Å². The molecule has 2 unspecified atom stereocenters. The average molecular weight is 336 g/mol. The Balaban J connectivity index is 2.13. The molecule has 134 valence electrons. The van der Waals surface area contributed by atoms with E-state index in [2.05, 4.69) is 23.6 Å². The summed E-state index contributed by atoms with van der Waals surface area (Å²) < 4.78 is 13.8. The third-order valence-corrected chi connectivity index (χ3v) is 4.98. The summed E-state index contributed by atoms with van der Waals surface area (Å²) in [6.07, 6.45) is 2.72. The van der Waals surface area contributed by atoms with Gasteiger partial charge in [-0.3, -0.25) is 9.69 Å². The predicted molar refractivity (Wildman–Crippen MR) is 94.8 cm³/mol. The first-order valence-electron chi connectivity index (χ1n) is 8.85. The van der Waals surface area contributed by atoms with Crippen LogP contribution in [0.5, 0.6) is 0 Å². The number of benzene rings is 1. The molecule has 0 radical (unpaired) electrons. The number of aliphatic carboxylic acids is 1. The summed E-state index contributed by atoms with van der Waals surface area (Å²) in [5.74, 6) is -0.710. The highest BCUT2D eigenvalue weighted by molar-refractivity contribution is 5.70. The maximum absolute atomic E-state index is 13.8. The monoisotopic (exact) mass is 336 g/mol. The molecule has 2 rings (SSSR count). The molecule has 0 aliphatic carbocycles. The van der Waals surface area contributed by atoms with Gasteiger partial charge in [0.15, 0.2) is 0 Å². The van der Waals surface area contributed by atoms with Gasteiger partial charge in [0, 0.05) is 32.4 Å². The highest BCUT2D eigenvalue weighted by Crippen LogP contribution is 2.26. The summed E-state index contributed by atoms with van der Waals surface area (Å²) in [5, 5.41) is 9.24. The Labute approximate surface area is 144 Å². The summed E-state index contributed by atoms with van der Waals surface area (Å²) in [7, 11) is 2.04. The van der Waals surface area contributed by atoms with Crippen LogP contribution in [0.1, 0.15) is 38.7 Å². The van der Waals surface area contributed by atoms with Crippen molar-refractivity contribution in [3.8, 4) is 0 Å². The summed E-state index contributed by atoms with van der Waals surface area (Å²) in [5.41, 5.74) is 1.97. The van der Waals surface area contributed by atoms with E-state index in [4.69, 9.17) is 0 Å². The lowest BCUT2D eigenvalue weighted by Gasteiger charge is -2.32. The van der Waals surface area contributed by atoms with Crippen LogP contribution in [0.3, 0.4) is 0 Å². The van der Waals surface area contributed by atoms with Gasteiger partial charge in [0.2, 0.25) is 0 Å². The molecule has 0 amide bonds. The summed E-state index contributed by atoms with van der Waals surface area (Å²) in [6.45, 7) is 7.31. The van der Waals surface area contributed by atoms with Gasteiger partial charge in [-0.2, -0.15) is 0 Å². The molecular weight excluding hydrogens is 307 g/mol. The Morgan fingerprint density at radius 2 is 2.25 bits per heavy atom. The molecule has 1 aromatic rings. The number of hydrogen-bond donors (Lipinski definition) is 1. The lowest BCUT2D eigenvalue weighted by atomic mass is 9.97. The molecule has 24 heavy (non-hydrogen) atoms. The quantitative estimate of drug-likeness (QED) is 0.826. The number of piperidine rings is 1. The highest BCUT2D eigenvalue weighted by Gasteiger charge is 2.26. The minimum Gasteiger partial charge on any atom is -0.481 e. The number of carboxylic acids is 1. The zero-order valence-corrected chi connectivity index (χ0v) is 15.0. The third-order valence-electron chi connectivity index (χ3n) is 4.98. The maximum Gasteiger partial charge on any atom is 0.307 e. The second-order valence-corrected chi connectivity index (χ2v) is 7.08. The van der Waals surface area contributed by atoms with Crippen LogP contribution in [0.25, 0.3) is 0 Å². The molecule has 1 saturated heterocycles. The zero-order chi connectivity index (χ0) is 17.7. The van der Waals surface area contributed by atoms with E-state index < -0.39 is 5.97 Å². The van der Waals surface area contributed by atoms with E-state index >= 15 is 0 Å². The van der Waals surface area contributed by atoms with Crippen molar-refractivity contribution in [2.24, 2.45) is 11.8 Å². The molecule has 0 saturated carbocycles. The van der Waals surface area contributed by atoms with Gasteiger partial charge < -0.3 is 10.0 Å². The van der Waals surface area contributed by atoms with Crippen LogP contribution in [-0.2, 0) is 11.3 Å². The number of carboxylic acid groups (broad SMARTS) is 1. The van der Waals surface area contributed by atoms with Gasteiger partial charge in [-0.05, 0) is 49.1 Å². The third kappa shape index (κ3) is 4.94. The Bertz CT molecular complexity index is 564. The fourth-order valence-electron chi connectivity index (χ4n) is 3.39. The van der Waals surface area contributed by atoms with Crippen molar-refractivity contribution in [3.05, 3.63) is 29.6 Å². The number of hydrogen-bond acceptors (Lipinski definition) is 3. The van der Waals surface area contributed by atoms with Gasteiger partial charge in [0.25, 0.3) is 0 Å². The highest BCUT2D eigenvalue weighted by atomic mass is 19.1. The number of likely N-dealkylation sites (tertiary alicyclic amines) is 1. The van der Waals surface area contributed by atoms with Crippen LogP contribution in [0.15, 0.2) is 18.2 Å². The SMILES string of the molecule is CCC(C)CN(C)c1ccc(F)cc1CN1CCCC(C(=O)O)C1. The van der Waals surface area contributed by atoms with E-state index in [1.165, 1.54) is 6.07 Å². The lowest BCUT2D eigenvalue weighted by Crippen LogP contribution is -2.38. The van der Waals surface area contributed by atoms with Crippen molar-refractivity contribution in [2.45, 2.75) is 39.7 Å². The van der Waals surface area contributed by atoms with Gasteiger partial charge in [-0.25, -0.2) is 4.39 Å². The van der Waals surface area contributed by atoms with Gasteiger partial charge in [-0.15, -0.1) is 0 Å². The molecule has 0 spiro atoms. The van der Waals surface area contributed by atoms with Crippen molar-refractivity contribution >= 4 is 11.7 Å². The Morgan fingerprint density at radius 3 is 2.92 bits per heavy atom. The van der Waals surface area contributed by atoms with Crippen LogP contribution in [-0.4, -0.2) is 42.7 Å². The van der Waals surface area contributed by atoms with Gasteiger partial charge >= 0.3 is 5.97 Å². The maximum atomic E-state index is 13.8. The van der Waals surface area contributed by atoms with Crippen LogP contribution < -0.4 is 4.90 Å². The smallest absolute Gasteiger partial charge is 0.307 e. The van der Waals surface area contributed by atoms with Crippen molar-refractivity contribution < 1.29 is 14.3 Å². The van der Waals surface area contributed by atoms with Crippen molar-refractivity contribution in [3.63, 3.8) is 0 Å². The van der Waals surface area contributed by atoms with E-state index in [-0.39, 0.29) is 11.7 Å². The first-order valence-corrected chi connectivity index (χ1v) is 8.85. The number of halogens is 1. The van der Waals surface area contributed by atoms with E-state index in [9.17, 15) is 14.3 Å². The van der Waals surface area contributed by atoms with E-state index in [1.807, 2.05) is 13.1 Å². The minimum absolute atomic E-state index is 0.238. The molecule has 1 fully saturated rings. The average Bonchev–Trinajstić information content (AvgIpc) is 2.54. The van der Waals surface area contributed by atoms with Gasteiger partial charge in [0.1, 0.15) is 5.82 Å². The molecule has 1 N–H and O–H groups in total. The fourth-order valence-corrected chi connectivity index (χ4v) is 3.39. The van der Waals surface area contributed by atoms with E-state index in [1.54, 1.807) is 6.07 Å². The predicted octanol–water partition coefficient (Wildman–Crippen LogP) is 3.60. The second kappa shape index (κ2) is 8.47.